The molecule has 18 heavy (non-hydrogen) atoms. The predicted octanol–water partition coefficient (Wildman–Crippen LogP) is 1.19. The number of rotatable bonds is 2. The highest BCUT2D eigenvalue weighted by molar-refractivity contribution is 6.29. The van der Waals surface area contributed by atoms with Gasteiger partial charge in [-0.25, -0.2) is 4.79 Å². The Morgan fingerprint density at radius 1 is 1.50 bits per heavy atom. The van der Waals surface area contributed by atoms with E-state index in [1.54, 1.807) is 24.3 Å². The van der Waals surface area contributed by atoms with E-state index >= 15 is 0 Å². The maximum atomic E-state index is 11.8. The molecule has 0 N–H and O–H groups in total. The minimum atomic E-state index is -0.822. The van der Waals surface area contributed by atoms with Gasteiger partial charge in [0.2, 0.25) is 12.0 Å². The van der Waals surface area contributed by atoms with Crippen LogP contribution >= 0.6 is 11.6 Å². The van der Waals surface area contributed by atoms with Crippen molar-refractivity contribution < 1.29 is 19.1 Å². The van der Waals surface area contributed by atoms with Crippen LogP contribution in [0.5, 0.6) is 5.75 Å². The number of halogens is 1. The van der Waals surface area contributed by atoms with Gasteiger partial charge in [-0.1, -0.05) is 12.1 Å². The van der Waals surface area contributed by atoms with Crippen molar-refractivity contribution >= 4 is 29.2 Å². The molecule has 0 saturated carbocycles. The molecule has 1 aromatic rings. The SMILES string of the molecule is COC(=O)[C@H]1CN(C(=O)CCl)c2ccccc2O1. The fourth-order valence-electron chi connectivity index (χ4n) is 1.80. The lowest BCUT2D eigenvalue weighted by Gasteiger charge is -2.33. The van der Waals surface area contributed by atoms with E-state index in [0.29, 0.717) is 11.4 Å². The highest BCUT2D eigenvalue weighted by Gasteiger charge is 2.33. The van der Waals surface area contributed by atoms with E-state index in [4.69, 9.17) is 16.3 Å². The summed E-state index contributed by atoms with van der Waals surface area (Å²) >= 11 is 5.56. The molecule has 1 heterocycles. The molecule has 5 nitrogen and oxygen atoms in total. The van der Waals surface area contributed by atoms with Crippen molar-refractivity contribution in [3.8, 4) is 5.75 Å². The van der Waals surface area contributed by atoms with Crippen LogP contribution in [0.1, 0.15) is 0 Å². The molecule has 96 valence electrons. The summed E-state index contributed by atoms with van der Waals surface area (Å²) in [4.78, 5) is 24.7. The zero-order valence-corrected chi connectivity index (χ0v) is 10.5. The van der Waals surface area contributed by atoms with Crippen molar-refractivity contribution in [2.45, 2.75) is 6.10 Å². The highest BCUT2D eigenvalue weighted by Crippen LogP contribution is 2.33. The van der Waals surface area contributed by atoms with Gasteiger partial charge in [0.15, 0.2) is 0 Å². The summed E-state index contributed by atoms with van der Waals surface area (Å²) in [7, 11) is 1.28. The fraction of sp³-hybridized carbons (Fsp3) is 0.333. The van der Waals surface area contributed by atoms with Crippen molar-refractivity contribution in [1.82, 2.24) is 0 Å². The molecular formula is C12H12ClNO4. The first-order valence-electron chi connectivity index (χ1n) is 5.37. The number of anilines is 1. The molecule has 6 heteroatoms. The number of amides is 1. The first-order valence-corrected chi connectivity index (χ1v) is 5.90. The molecule has 1 atom stereocenters. The number of carbonyl (C=O) groups excluding carboxylic acids is 2. The Labute approximate surface area is 109 Å². The maximum Gasteiger partial charge on any atom is 0.348 e. The monoisotopic (exact) mass is 269 g/mol. The van der Waals surface area contributed by atoms with Gasteiger partial charge in [0, 0.05) is 0 Å². The van der Waals surface area contributed by atoms with Crippen molar-refractivity contribution in [3.05, 3.63) is 24.3 Å². The summed E-state index contributed by atoms with van der Waals surface area (Å²) < 4.78 is 10.1. The first-order chi connectivity index (χ1) is 8.67. The molecule has 1 aromatic carbocycles. The van der Waals surface area contributed by atoms with Crippen molar-refractivity contribution in [1.29, 1.82) is 0 Å². The van der Waals surface area contributed by atoms with Gasteiger partial charge in [-0.15, -0.1) is 11.6 Å². The van der Waals surface area contributed by atoms with E-state index in [9.17, 15) is 9.59 Å². The van der Waals surface area contributed by atoms with E-state index in [0.717, 1.165) is 0 Å². The Bertz CT molecular complexity index is 477. The van der Waals surface area contributed by atoms with Gasteiger partial charge in [0.1, 0.15) is 11.6 Å². The van der Waals surface area contributed by atoms with E-state index in [2.05, 4.69) is 4.74 Å². The molecule has 0 spiro atoms. The number of fused-ring (bicyclic) bond motifs is 1. The van der Waals surface area contributed by atoms with Crippen LogP contribution < -0.4 is 9.64 Å². The molecule has 0 aromatic heterocycles. The second-order valence-corrected chi connectivity index (χ2v) is 4.00. The summed E-state index contributed by atoms with van der Waals surface area (Å²) in [5.74, 6) is -0.474. The minimum absolute atomic E-state index is 0.106. The average Bonchev–Trinajstić information content (AvgIpc) is 2.44. The van der Waals surface area contributed by atoms with Crippen molar-refractivity contribution in [2.75, 3.05) is 24.4 Å². The Kier molecular flexibility index (Phi) is 3.72. The van der Waals surface area contributed by atoms with Crippen LogP contribution in [0, 0.1) is 0 Å². The Balaban J connectivity index is 2.35. The van der Waals surface area contributed by atoms with E-state index in [-0.39, 0.29) is 18.3 Å². The normalized spacial score (nSPS) is 17.7. The lowest BCUT2D eigenvalue weighted by Crippen LogP contribution is -2.47. The van der Waals surface area contributed by atoms with Gasteiger partial charge < -0.3 is 14.4 Å². The van der Waals surface area contributed by atoms with Gasteiger partial charge in [0.05, 0.1) is 19.3 Å². The lowest BCUT2D eigenvalue weighted by atomic mass is 10.2. The molecule has 0 radical (unpaired) electrons. The van der Waals surface area contributed by atoms with Gasteiger partial charge >= 0.3 is 5.97 Å². The number of nitrogens with zero attached hydrogens (tertiary/aromatic N) is 1. The van der Waals surface area contributed by atoms with Crippen LogP contribution in [0.4, 0.5) is 5.69 Å². The summed E-state index contributed by atoms with van der Waals surface area (Å²) in [5, 5.41) is 0. The molecule has 2 rings (SSSR count). The Morgan fingerprint density at radius 3 is 2.89 bits per heavy atom. The third-order valence-corrected chi connectivity index (χ3v) is 2.88. The number of ether oxygens (including phenoxy) is 2. The maximum absolute atomic E-state index is 11.8. The number of esters is 1. The second kappa shape index (κ2) is 5.27. The summed E-state index contributed by atoms with van der Waals surface area (Å²) in [5.41, 5.74) is 0.614. The molecule has 1 aliphatic rings. The molecule has 0 unspecified atom stereocenters. The molecule has 1 aliphatic heterocycles. The van der Waals surface area contributed by atoms with Crippen LogP contribution in [0.15, 0.2) is 24.3 Å². The highest BCUT2D eigenvalue weighted by atomic mass is 35.5. The molecule has 0 bridgehead atoms. The summed E-state index contributed by atoms with van der Waals surface area (Å²) in [6, 6.07) is 6.99. The second-order valence-electron chi connectivity index (χ2n) is 3.74. The Morgan fingerprint density at radius 2 is 2.22 bits per heavy atom. The van der Waals surface area contributed by atoms with E-state index < -0.39 is 12.1 Å². The predicted molar refractivity (Wildman–Crippen MR) is 65.9 cm³/mol. The molecular weight excluding hydrogens is 258 g/mol. The largest absolute Gasteiger partial charge is 0.475 e. The number of alkyl halides is 1. The smallest absolute Gasteiger partial charge is 0.348 e. The van der Waals surface area contributed by atoms with Gasteiger partial charge in [-0.05, 0) is 12.1 Å². The van der Waals surface area contributed by atoms with Gasteiger partial charge in [-0.2, -0.15) is 0 Å². The molecule has 0 fully saturated rings. The quantitative estimate of drug-likeness (QED) is 0.598. The topological polar surface area (TPSA) is 55.8 Å². The van der Waals surface area contributed by atoms with Crippen molar-refractivity contribution in [2.24, 2.45) is 0 Å². The van der Waals surface area contributed by atoms with Crippen LogP contribution in [0.25, 0.3) is 0 Å². The number of para-hydroxylation sites is 2. The first kappa shape index (κ1) is 12.7. The van der Waals surface area contributed by atoms with Crippen LogP contribution in [-0.4, -0.2) is 37.5 Å². The molecule has 0 aliphatic carbocycles. The average molecular weight is 270 g/mol. The van der Waals surface area contributed by atoms with Crippen LogP contribution in [-0.2, 0) is 14.3 Å². The fourth-order valence-corrected chi connectivity index (χ4v) is 1.94. The standard InChI is InChI=1S/C12H12ClNO4/c1-17-12(16)10-7-14(11(15)6-13)8-4-2-3-5-9(8)18-10/h2-5,10H,6-7H2,1H3/t10-/m1/s1. The zero-order chi connectivity index (χ0) is 13.1. The summed E-state index contributed by atoms with van der Waals surface area (Å²) in [6.45, 7) is 0.106. The molecule has 0 saturated heterocycles. The number of benzene rings is 1. The third kappa shape index (κ3) is 2.26. The molecule has 1 amide bonds. The number of hydrogen-bond acceptors (Lipinski definition) is 4. The Hall–Kier alpha value is -1.75. The van der Waals surface area contributed by atoms with Crippen molar-refractivity contribution in [3.63, 3.8) is 0 Å². The van der Waals surface area contributed by atoms with E-state index in [1.807, 2.05) is 0 Å². The van der Waals surface area contributed by atoms with Gasteiger partial charge in [-0.3, -0.25) is 4.79 Å². The number of carbonyl (C=O) groups is 2. The van der Waals surface area contributed by atoms with Gasteiger partial charge in [0.25, 0.3) is 0 Å². The zero-order valence-electron chi connectivity index (χ0n) is 9.76. The van der Waals surface area contributed by atoms with Crippen LogP contribution in [0.2, 0.25) is 0 Å². The lowest BCUT2D eigenvalue weighted by molar-refractivity contribution is -0.148. The van der Waals surface area contributed by atoms with E-state index in [1.165, 1.54) is 12.0 Å². The number of methoxy groups -OCH3 is 1. The third-order valence-electron chi connectivity index (χ3n) is 2.65. The number of hydrogen-bond donors (Lipinski definition) is 0. The minimum Gasteiger partial charge on any atom is -0.475 e. The summed E-state index contributed by atoms with van der Waals surface area (Å²) in [6.07, 6.45) is -0.822. The van der Waals surface area contributed by atoms with Crippen LogP contribution in [0.3, 0.4) is 0 Å².